The molecule has 0 bridgehead atoms. The van der Waals surface area contributed by atoms with Gasteiger partial charge >= 0.3 is 0 Å². The predicted molar refractivity (Wildman–Crippen MR) is 210 cm³/mol. The van der Waals surface area contributed by atoms with E-state index < -0.39 is 30.8 Å². The molecule has 0 unspecified atom stereocenters. The minimum atomic E-state index is -0.840. The molecule has 1 amide bonds. The summed E-state index contributed by atoms with van der Waals surface area (Å²) in [6.07, 6.45) is 13.4. The molecule has 0 spiro atoms. The molecule has 0 aromatic rings. The van der Waals surface area contributed by atoms with Crippen molar-refractivity contribution in [2.24, 2.45) is 0 Å². The summed E-state index contributed by atoms with van der Waals surface area (Å²) in [6.45, 7) is 7.21. The Morgan fingerprint density at radius 1 is 0.558 bits per heavy atom. The highest BCUT2D eigenvalue weighted by atomic mass is 16.5. The standard InChI is InChI=1S/C47H47NO4/c1-5-7-9-11-13-15-17-19-20-21-22-23-24-25-26-27-28-29-31-33-35-37-39-41-46(51)48-44(42-49)47(52-43(3)4)45(50)40-38-36-34-32-30-18-16-14-12-10-8-6-2/h43-45,47,49-50H,6,8,10,12,14,16,18,30,32,34,36,38,40,42H2,1-4H3,(H,48,51)/t44-,45+,47-/m0/s1. The monoisotopic (exact) mass is 689 g/mol. The lowest BCUT2D eigenvalue weighted by atomic mass is 9.99. The highest BCUT2D eigenvalue weighted by Gasteiger charge is 2.30. The van der Waals surface area contributed by atoms with Crippen LogP contribution < -0.4 is 5.32 Å². The van der Waals surface area contributed by atoms with Crippen molar-refractivity contribution in [1.29, 1.82) is 0 Å². The van der Waals surface area contributed by atoms with Gasteiger partial charge in [-0.2, -0.15) is 0 Å². The van der Waals surface area contributed by atoms with Crippen LogP contribution in [0.5, 0.6) is 0 Å². The molecule has 52 heavy (non-hydrogen) atoms. The largest absolute Gasteiger partial charge is 0.394 e. The summed E-state index contributed by atoms with van der Waals surface area (Å²) >= 11 is 0. The second-order valence-corrected chi connectivity index (χ2v) is 11.3. The molecule has 0 rings (SSSR count). The minimum Gasteiger partial charge on any atom is -0.394 e. The van der Waals surface area contributed by atoms with Crippen molar-refractivity contribution in [1.82, 2.24) is 5.32 Å². The summed E-state index contributed by atoms with van der Waals surface area (Å²) in [5.74, 6) is 59.4. The SMILES string of the molecule is CC#CC#CC#CC#CC#CC#CC#CC#CC#CC#CC#CC#CC(=O)N[C@@H](CO)[C@H](OC(C)C)[C@H](O)CCCCCCCCCCCCCC. The molecule has 0 radical (unpaired) electrons. The summed E-state index contributed by atoms with van der Waals surface area (Å²) in [5.41, 5.74) is 0. The summed E-state index contributed by atoms with van der Waals surface area (Å²) in [7, 11) is 0. The molecule has 264 valence electrons. The van der Waals surface area contributed by atoms with Gasteiger partial charge in [0.2, 0.25) is 0 Å². The van der Waals surface area contributed by atoms with Gasteiger partial charge < -0.3 is 20.3 Å². The predicted octanol–water partition coefficient (Wildman–Crippen LogP) is 4.77. The van der Waals surface area contributed by atoms with Gasteiger partial charge in [0, 0.05) is 41.4 Å². The first-order valence-electron chi connectivity index (χ1n) is 17.6. The summed E-state index contributed by atoms with van der Waals surface area (Å²) in [5, 5.41) is 23.5. The fourth-order valence-corrected chi connectivity index (χ4v) is 4.34. The van der Waals surface area contributed by atoms with E-state index in [4.69, 9.17) is 4.74 Å². The van der Waals surface area contributed by atoms with Crippen molar-refractivity contribution in [3.05, 3.63) is 0 Å². The summed E-state index contributed by atoms with van der Waals surface area (Å²) < 4.78 is 5.91. The third-order valence-corrected chi connectivity index (χ3v) is 6.69. The molecule has 0 aliphatic heterocycles. The van der Waals surface area contributed by atoms with Crippen molar-refractivity contribution >= 4 is 5.91 Å². The number of rotatable bonds is 19. The lowest BCUT2D eigenvalue weighted by molar-refractivity contribution is -0.123. The Labute approximate surface area is 314 Å². The van der Waals surface area contributed by atoms with Gasteiger partial charge in [0.25, 0.3) is 5.91 Å². The van der Waals surface area contributed by atoms with Gasteiger partial charge in [-0.1, -0.05) is 89.9 Å². The molecule has 0 aliphatic carbocycles. The Morgan fingerprint density at radius 3 is 1.25 bits per heavy atom. The first-order valence-corrected chi connectivity index (χ1v) is 17.6. The maximum absolute atomic E-state index is 12.4. The Bertz CT molecular complexity index is 1880. The summed E-state index contributed by atoms with van der Waals surface area (Å²) in [4.78, 5) is 12.4. The average molecular weight is 690 g/mol. The zero-order valence-corrected chi connectivity index (χ0v) is 30.9. The second kappa shape index (κ2) is 36.4. The number of carbonyl (C=O) groups is 1. The van der Waals surface area contributed by atoms with Crippen LogP contribution in [0.15, 0.2) is 0 Å². The second-order valence-electron chi connectivity index (χ2n) is 11.3. The van der Waals surface area contributed by atoms with Crippen LogP contribution in [-0.4, -0.2) is 47.1 Å². The Balaban J connectivity index is 4.72. The quantitative estimate of drug-likeness (QED) is 0.135. The van der Waals surface area contributed by atoms with Crippen LogP contribution in [0.25, 0.3) is 0 Å². The molecule has 3 atom stereocenters. The highest BCUT2D eigenvalue weighted by molar-refractivity contribution is 5.94. The van der Waals surface area contributed by atoms with Crippen LogP contribution in [0.3, 0.4) is 0 Å². The van der Waals surface area contributed by atoms with Crippen LogP contribution in [0.4, 0.5) is 0 Å². The minimum absolute atomic E-state index is 0.207. The van der Waals surface area contributed by atoms with E-state index in [0.717, 1.165) is 19.3 Å². The van der Waals surface area contributed by atoms with E-state index in [1.54, 1.807) is 6.92 Å². The van der Waals surface area contributed by atoms with Crippen molar-refractivity contribution < 1.29 is 19.7 Å². The number of carbonyl (C=O) groups excluding carboxylic acids is 1. The van der Waals surface area contributed by atoms with Gasteiger partial charge in [0.15, 0.2) is 0 Å². The molecule has 0 heterocycles. The van der Waals surface area contributed by atoms with Crippen LogP contribution in [0, 0.1) is 142 Å². The Hall–Kier alpha value is -5.93. The van der Waals surface area contributed by atoms with E-state index in [2.05, 4.69) is 154 Å². The smallest absolute Gasteiger partial charge is 0.297 e. The average Bonchev–Trinajstić information content (AvgIpc) is 3.13. The number of nitrogens with one attached hydrogen (secondary N) is 1. The van der Waals surface area contributed by atoms with E-state index in [1.807, 2.05) is 13.8 Å². The first kappa shape index (κ1) is 46.1. The number of hydrogen-bond donors (Lipinski definition) is 3. The lowest BCUT2D eigenvalue weighted by Gasteiger charge is -2.31. The third kappa shape index (κ3) is 31.3. The first-order chi connectivity index (χ1) is 25.5. The normalized spacial score (nSPS) is 9.83. The summed E-state index contributed by atoms with van der Waals surface area (Å²) in [6, 6.07) is -0.825. The van der Waals surface area contributed by atoms with Gasteiger partial charge in [0.05, 0.1) is 24.9 Å². The number of amides is 1. The van der Waals surface area contributed by atoms with Crippen LogP contribution in [0.2, 0.25) is 0 Å². The fourth-order valence-electron chi connectivity index (χ4n) is 4.34. The highest BCUT2D eigenvalue weighted by Crippen LogP contribution is 2.17. The molecule has 5 nitrogen and oxygen atoms in total. The zero-order chi connectivity index (χ0) is 38.2. The van der Waals surface area contributed by atoms with Crippen LogP contribution in [0.1, 0.15) is 111 Å². The molecular weight excluding hydrogens is 643 g/mol. The molecule has 0 aromatic carbocycles. The topological polar surface area (TPSA) is 78.8 Å². The Morgan fingerprint density at radius 2 is 0.904 bits per heavy atom. The van der Waals surface area contributed by atoms with Gasteiger partial charge in [-0.25, -0.2) is 0 Å². The number of aliphatic hydroxyl groups excluding tert-OH is 2. The van der Waals surface area contributed by atoms with Gasteiger partial charge in [0.1, 0.15) is 6.10 Å². The maximum Gasteiger partial charge on any atom is 0.297 e. The number of unbranched alkanes of at least 4 members (excludes halogenated alkanes) is 11. The maximum atomic E-state index is 12.4. The number of aliphatic hydroxyl groups is 2. The molecular formula is C47H47NO4. The number of ether oxygens (including phenoxy) is 1. The van der Waals surface area contributed by atoms with Crippen LogP contribution in [-0.2, 0) is 9.53 Å². The Kier molecular flexibility index (Phi) is 32.2. The molecule has 0 aliphatic rings. The van der Waals surface area contributed by atoms with Gasteiger partial charge in [-0.05, 0) is 122 Å². The van der Waals surface area contributed by atoms with E-state index in [-0.39, 0.29) is 6.10 Å². The number of hydrogen-bond acceptors (Lipinski definition) is 4. The van der Waals surface area contributed by atoms with Crippen molar-refractivity contribution in [2.45, 2.75) is 136 Å². The van der Waals surface area contributed by atoms with Gasteiger partial charge in [-0.15, -0.1) is 0 Å². The molecule has 0 saturated carbocycles. The van der Waals surface area contributed by atoms with E-state index in [1.165, 1.54) is 57.8 Å². The molecule has 3 N–H and O–H groups in total. The van der Waals surface area contributed by atoms with Gasteiger partial charge in [-0.3, -0.25) is 4.79 Å². The van der Waals surface area contributed by atoms with Crippen molar-refractivity contribution in [3.8, 4) is 142 Å². The van der Waals surface area contributed by atoms with Crippen molar-refractivity contribution in [2.75, 3.05) is 6.61 Å². The molecule has 5 heteroatoms. The fraction of sp³-hybridized carbons (Fsp3) is 0.468. The molecule has 0 aromatic heterocycles. The third-order valence-electron chi connectivity index (χ3n) is 6.69. The molecule has 0 fully saturated rings. The lowest BCUT2D eigenvalue weighted by Crippen LogP contribution is -2.52. The van der Waals surface area contributed by atoms with E-state index >= 15 is 0 Å². The molecule has 0 saturated heterocycles. The van der Waals surface area contributed by atoms with Crippen molar-refractivity contribution in [3.63, 3.8) is 0 Å². The van der Waals surface area contributed by atoms with E-state index in [9.17, 15) is 15.0 Å². The van der Waals surface area contributed by atoms with Crippen LogP contribution >= 0.6 is 0 Å². The zero-order valence-electron chi connectivity index (χ0n) is 30.9. The van der Waals surface area contributed by atoms with E-state index in [0.29, 0.717) is 6.42 Å².